The van der Waals surface area contributed by atoms with Crippen LogP contribution in [0.4, 0.5) is 8.78 Å². The van der Waals surface area contributed by atoms with Crippen molar-refractivity contribution in [2.24, 2.45) is 0 Å². The monoisotopic (exact) mass is 385 g/mol. The molecule has 4 rings (SSSR count). The standard InChI is InChI=1S/C21H21F2N3O2/c22-16-7-6-14(8-17(16)23)11-24-15-10-19-20(27)25-18(21(28)26(19)12-15)9-13-4-2-1-3-5-13/h1-8,15,18-19,24H,9-12H2,(H,25,27)/t15-,18+,19-/m0/s1. The average Bonchev–Trinajstić information content (AvgIpc) is 3.13. The van der Waals surface area contributed by atoms with E-state index in [0.717, 1.165) is 17.7 Å². The average molecular weight is 385 g/mol. The first-order chi connectivity index (χ1) is 13.5. The van der Waals surface area contributed by atoms with Gasteiger partial charge in [0.1, 0.15) is 12.1 Å². The van der Waals surface area contributed by atoms with Crippen molar-refractivity contribution >= 4 is 11.8 Å². The predicted octanol–water partition coefficient (Wildman–Crippen LogP) is 1.76. The number of benzene rings is 2. The highest BCUT2D eigenvalue weighted by Crippen LogP contribution is 2.24. The van der Waals surface area contributed by atoms with Crippen molar-refractivity contribution < 1.29 is 18.4 Å². The van der Waals surface area contributed by atoms with Crippen LogP contribution in [0.25, 0.3) is 0 Å². The smallest absolute Gasteiger partial charge is 0.246 e. The number of rotatable bonds is 5. The van der Waals surface area contributed by atoms with Gasteiger partial charge in [0.2, 0.25) is 11.8 Å². The molecule has 2 aliphatic heterocycles. The Bertz CT molecular complexity index is 890. The van der Waals surface area contributed by atoms with Crippen LogP contribution in [0.5, 0.6) is 0 Å². The molecule has 146 valence electrons. The molecule has 2 N–H and O–H groups in total. The molecule has 28 heavy (non-hydrogen) atoms. The zero-order valence-corrected chi connectivity index (χ0v) is 15.2. The van der Waals surface area contributed by atoms with Gasteiger partial charge in [-0.3, -0.25) is 9.59 Å². The van der Waals surface area contributed by atoms with E-state index in [2.05, 4.69) is 10.6 Å². The number of fused-ring (bicyclic) bond motifs is 1. The van der Waals surface area contributed by atoms with Crippen molar-refractivity contribution in [2.45, 2.75) is 37.5 Å². The Morgan fingerprint density at radius 2 is 1.82 bits per heavy atom. The summed E-state index contributed by atoms with van der Waals surface area (Å²) < 4.78 is 26.4. The maximum Gasteiger partial charge on any atom is 0.246 e. The minimum absolute atomic E-state index is 0.0782. The molecule has 0 saturated carbocycles. The molecule has 0 radical (unpaired) electrons. The summed E-state index contributed by atoms with van der Waals surface area (Å²) >= 11 is 0. The summed E-state index contributed by atoms with van der Waals surface area (Å²) in [5.41, 5.74) is 1.60. The first kappa shape index (κ1) is 18.6. The van der Waals surface area contributed by atoms with E-state index < -0.39 is 23.7 Å². The number of hydrogen-bond donors (Lipinski definition) is 2. The second kappa shape index (κ2) is 7.67. The zero-order valence-electron chi connectivity index (χ0n) is 15.2. The van der Waals surface area contributed by atoms with Crippen molar-refractivity contribution in [1.29, 1.82) is 0 Å². The first-order valence-corrected chi connectivity index (χ1v) is 9.33. The highest BCUT2D eigenvalue weighted by Gasteiger charge is 2.46. The molecule has 0 spiro atoms. The van der Waals surface area contributed by atoms with Crippen LogP contribution in [0.2, 0.25) is 0 Å². The van der Waals surface area contributed by atoms with Gasteiger partial charge in [0.15, 0.2) is 11.6 Å². The molecule has 2 aromatic rings. The molecule has 7 heteroatoms. The maximum absolute atomic E-state index is 13.3. The third kappa shape index (κ3) is 3.75. The summed E-state index contributed by atoms with van der Waals surface area (Å²) in [5, 5.41) is 6.09. The van der Waals surface area contributed by atoms with Crippen molar-refractivity contribution in [2.75, 3.05) is 6.54 Å². The predicted molar refractivity (Wildman–Crippen MR) is 99.2 cm³/mol. The number of nitrogens with one attached hydrogen (secondary N) is 2. The molecule has 5 nitrogen and oxygen atoms in total. The SMILES string of the molecule is O=C1N[C@H](Cc2ccccc2)C(=O)N2C[C@@H](NCc3ccc(F)c(F)c3)C[C@@H]12. The van der Waals surface area contributed by atoms with Crippen LogP contribution < -0.4 is 10.6 Å². The molecular weight excluding hydrogens is 364 g/mol. The van der Waals surface area contributed by atoms with Gasteiger partial charge in [0.25, 0.3) is 0 Å². The lowest BCUT2D eigenvalue weighted by atomic mass is 10.0. The third-order valence-corrected chi connectivity index (χ3v) is 5.36. The van der Waals surface area contributed by atoms with E-state index >= 15 is 0 Å². The number of nitrogens with zero attached hydrogens (tertiary/aromatic N) is 1. The zero-order chi connectivity index (χ0) is 19.7. The van der Waals surface area contributed by atoms with Crippen LogP contribution in [0.1, 0.15) is 17.5 Å². The van der Waals surface area contributed by atoms with Crippen LogP contribution in [0, 0.1) is 11.6 Å². The van der Waals surface area contributed by atoms with E-state index in [9.17, 15) is 18.4 Å². The van der Waals surface area contributed by atoms with Crippen molar-refractivity contribution in [3.05, 3.63) is 71.3 Å². The quantitative estimate of drug-likeness (QED) is 0.825. The highest BCUT2D eigenvalue weighted by molar-refractivity contribution is 5.97. The Hall–Kier alpha value is -2.80. The van der Waals surface area contributed by atoms with Crippen molar-refractivity contribution in [3.63, 3.8) is 0 Å². The normalized spacial score (nSPS) is 24.2. The largest absolute Gasteiger partial charge is 0.342 e. The Morgan fingerprint density at radius 1 is 1.04 bits per heavy atom. The number of hydrogen-bond acceptors (Lipinski definition) is 3. The van der Waals surface area contributed by atoms with Crippen molar-refractivity contribution in [3.8, 4) is 0 Å². The van der Waals surface area contributed by atoms with E-state index in [4.69, 9.17) is 0 Å². The Labute approximate surface area is 161 Å². The number of carbonyl (C=O) groups excluding carboxylic acids is 2. The number of carbonyl (C=O) groups is 2. The summed E-state index contributed by atoms with van der Waals surface area (Å²) in [7, 11) is 0. The molecule has 0 bridgehead atoms. The van der Waals surface area contributed by atoms with E-state index in [1.807, 2.05) is 30.3 Å². The van der Waals surface area contributed by atoms with Gasteiger partial charge in [-0.15, -0.1) is 0 Å². The molecule has 2 aromatic carbocycles. The molecule has 2 fully saturated rings. The van der Waals surface area contributed by atoms with Crippen LogP contribution in [0.3, 0.4) is 0 Å². The van der Waals surface area contributed by atoms with Gasteiger partial charge in [-0.1, -0.05) is 36.4 Å². The van der Waals surface area contributed by atoms with Crippen molar-refractivity contribution in [1.82, 2.24) is 15.5 Å². The Kier molecular flexibility index (Phi) is 5.09. The molecule has 0 unspecified atom stereocenters. The van der Waals surface area contributed by atoms with Crippen LogP contribution in [-0.2, 0) is 22.6 Å². The molecule has 2 heterocycles. The molecule has 2 aliphatic rings. The third-order valence-electron chi connectivity index (χ3n) is 5.36. The second-order valence-corrected chi connectivity index (χ2v) is 7.32. The lowest BCUT2D eigenvalue weighted by Crippen LogP contribution is -2.61. The van der Waals surface area contributed by atoms with E-state index in [-0.39, 0.29) is 17.9 Å². The minimum Gasteiger partial charge on any atom is -0.342 e. The summed E-state index contributed by atoms with van der Waals surface area (Å²) in [5.74, 6) is -1.99. The van der Waals surface area contributed by atoms with Gasteiger partial charge in [0, 0.05) is 25.6 Å². The number of piperazine rings is 1. The summed E-state index contributed by atoms with van der Waals surface area (Å²) in [6.45, 7) is 0.761. The van der Waals surface area contributed by atoms with Gasteiger partial charge in [-0.05, 0) is 29.7 Å². The lowest BCUT2D eigenvalue weighted by molar-refractivity contribution is -0.147. The Morgan fingerprint density at radius 3 is 2.57 bits per heavy atom. The topological polar surface area (TPSA) is 61.4 Å². The highest BCUT2D eigenvalue weighted by atomic mass is 19.2. The summed E-state index contributed by atoms with van der Waals surface area (Å²) in [4.78, 5) is 27.0. The fraction of sp³-hybridized carbons (Fsp3) is 0.333. The molecule has 2 amide bonds. The molecule has 2 saturated heterocycles. The van der Waals surface area contributed by atoms with Gasteiger partial charge < -0.3 is 15.5 Å². The second-order valence-electron chi connectivity index (χ2n) is 7.32. The minimum atomic E-state index is -0.888. The fourth-order valence-corrected chi connectivity index (χ4v) is 3.91. The van der Waals surface area contributed by atoms with Crippen LogP contribution in [0.15, 0.2) is 48.5 Å². The summed E-state index contributed by atoms with van der Waals surface area (Å²) in [6.07, 6.45) is 0.959. The van der Waals surface area contributed by atoms with Gasteiger partial charge >= 0.3 is 0 Å². The number of amides is 2. The van der Waals surface area contributed by atoms with E-state index in [0.29, 0.717) is 31.5 Å². The maximum atomic E-state index is 13.3. The molecule has 0 aromatic heterocycles. The van der Waals surface area contributed by atoms with E-state index in [1.165, 1.54) is 6.07 Å². The molecule has 0 aliphatic carbocycles. The first-order valence-electron chi connectivity index (χ1n) is 9.33. The summed E-state index contributed by atoms with van der Waals surface area (Å²) in [6, 6.07) is 12.2. The van der Waals surface area contributed by atoms with Crippen LogP contribution in [-0.4, -0.2) is 41.4 Å². The lowest BCUT2D eigenvalue weighted by Gasteiger charge is -2.34. The van der Waals surface area contributed by atoms with Gasteiger partial charge in [-0.2, -0.15) is 0 Å². The van der Waals surface area contributed by atoms with Crippen LogP contribution >= 0.6 is 0 Å². The van der Waals surface area contributed by atoms with E-state index in [1.54, 1.807) is 4.90 Å². The van der Waals surface area contributed by atoms with Gasteiger partial charge in [0.05, 0.1) is 0 Å². The molecule has 3 atom stereocenters. The fourth-order valence-electron chi connectivity index (χ4n) is 3.91. The molecular formula is C21H21F2N3O2. The Balaban J connectivity index is 1.39. The van der Waals surface area contributed by atoms with Gasteiger partial charge in [-0.25, -0.2) is 8.78 Å². The number of halogens is 2.